The molecule has 4 aliphatic rings. The predicted molar refractivity (Wildman–Crippen MR) is 87.3 cm³/mol. The summed E-state index contributed by atoms with van der Waals surface area (Å²) in [5.41, 5.74) is -0.0449. The maximum atomic E-state index is 12.7. The lowest BCUT2D eigenvalue weighted by Gasteiger charge is -2.55. The first-order valence-corrected chi connectivity index (χ1v) is 9.27. The van der Waals surface area contributed by atoms with Gasteiger partial charge in [0, 0.05) is 24.8 Å². The van der Waals surface area contributed by atoms with Gasteiger partial charge in [0.25, 0.3) is 0 Å². The Bertz CT molecular complexity index is 405. The molecule has 0 radical (unpaired) electrons. The molecule has 0 spiro atoms. The zero-order chi connectivity index (χ0) is 15.7. The zero-order valence-corrected chi connectivity index (χ0v) is 14.2. The lowest BCUT2D eigenvalue weighted by Crippen LogP contribution is -2.53. The van der Waals surface area contributed by atoms with E-state index in [-0.39, 0.29) is 5.41 Å². The molecule has 1 N–H and O–H groups in total. The van der Waals surface area contributed by atoms with Gasteiger partial charge in [-0.15, -0.1) is 0 Å². The Morgan fingerprint density at radius 2 is 1.59 bits per heavy atom. The van der Waals surface area contributed by atoms with E-state index in [4.69, 9.17) is 0 Å². The number of rotatable bonds is 7. The quantitative estimate of drug-likeness (QED) is 0.729. The van der Waals surface area contributed by atoms with Crippen LogP contribution < -0.4 is 5.32 Å². The molecular formula is C19H31NO2. The third-order valence-corrected chi connectivity index (χ3v) is 6.07. The number of carbonyl (C=O) groups excluding carboxylic acids is 2. The van der Waals surface area contributed by atoms with Crippen LogP contribution in [0, 0.1) is 29.1 Å². The lowest BCUT2D eigenvalue weighted by molar-refractivity contribution is -0.146. The van der Waals surface area contributed by atoms with Crippen molar-refractivity contribution < 1.29 is 9.59 Å². The smallest absolute Gasteiger partial charge is 0.226 e. The summed E-state index contributed by atoms with van der Waals surface area (Å²) >= 11 is 0. The van der Waals surface area contributed by atoms with Crippen molar-refractivity contribution in [3.8, 4) is 0 Å². The molecule has 4 rings (SSSR count). The monoisotopic (exact) mass is 305 g/mol. The summed E-state index contributed by atoms with van der Waals surface area (Å²) in [5.74, 6) is 3.50. The number of amides is 1. The van der Waals surface area contributed by atoms with Crippen LogP contribution in [0.1, 0.15) is 71.6 Å². The third kappa shape index (κ3) is 3.38. The van der Waals surface area contributed by atoms with Crippen LogP contribution in [0.5, 0.6) is 0 Å². The van der Waals surface area contributed by atoms with Crippen molar-refractivity contribution in [1.82, 2.24) is 5.32 Å². The van der Waals surface area contributed by atoms with Crippen molar-refractivity contribution in [1.29, 1.82) is 0 Å². The van der Waals surface area contributed by atoms with E-state index in [0.29, 0.717) is 37.0 Å². The molecule has 0 aliphatic heterocycles. The first kappa shape index (κ1) is 16.0. The van der Waals surface area contributed by atoms with Crippen LogP contribution >= 0.6 is 0 Å². The SMILES string of the molecule is CC(C)CC(=O)CCCNC(=O)C12CC3CC(CC(C3)C1)C2. The number of carbonyl (C=O) groups is 2. The molecule has 4 aliphatic carbocycles. The van der Waals surface area contributed by atoms with Gasteiger partial charge in [-0.05, 0) is 68.6 Å². The van der Waals surface area contributed by atoms with Crippen molar-refractivity contribution in [3.05, 3.63) is 0 Å². The van der Waals surface area contributed by atoms with Crippen molar-refractivity contribution in [2.24, 2.45) is 29.1 Å². The van der Waals surface area contributed by atoms with Crippen molar-refractivity contribution >= 4 is 11.7 Å². The largest absolute Gasteiger partial charge is 0.356 e. The van der Waals surface area contributed by atoms with Gasteiger partial charge in [-0.2, -0.15) is 0 Å². The number of ketones is 1. The summed E-state index contributed by atoms with van der Waals surface area (Å²) < 4.78 is 0. The van der Waals surface area contributed by atoms with Gasteiger partial charge in [0.1, 0.15) is 5.78 Å². The van der Waals surface area contributed by atoms with Crippen LogP contribution in [0.25, 0.3) is 0 Å². The maximum absolute atomic E-state index is 12.7. The molecule has 3 heteroatoms. The van der Waals surface area contributed by atoms with E-state index in [2.05, 4.69) is 19.2 Å². The summed E-state index contributed by atoms with van der Waals surface area (Å²) in [5, 5.41) is 3.16. The molecule has 0 aromatic carbocycles. The zero-order valence-electron chi connectivity index (χ0n) is 14.2. The second kappa shape index (κ2) is 6.33. The lowest BCUT2D eigenvalue weighted by atomic mass is 9.49. The summed E-state index contributed by atoms with van der Waals surface area (Å²) in [6, 6.07) is 0. The third-order valence-electron chi connectivity index (χ3n) is 6.07. The second-order valence-electron chi connectivity index (χ2n) is 8.69. The number of hydrogen-bond acceptors (Lipinski definition) is 2. The Kier molecular flexibility index (Phi) is 4.61. The van der Waals surface area contributed by atoms with E-state index in [1.807, 2.05) is 0 Å². The Morgan fingerprint density at radius 3 is 2.09 bits per heavy atom. The Balaban J connectivity index is 1.44. The van der Waals surface area contributed by atoms with Crippen LogP contribution in [0.15, 0.2) is 0 Å². The van der Waals surface area contributed by atoms with Gasteiger partial charge in [-0.3, -0.25) is 9.59 Å². The molecule has 1 amide bonds. The maximum Gasteiger partial charge on any atom is 0.226 e. The van der Waals surface area contributed by atoms with Crippen LogP contribution in [-0.2, 0) is 9.59 Å². The van der Waals surface area contributed by atoms with Gasteiger partial charge >= 0.3 is 0 Å². The molecule has 124 valence electrons. The molecule has 22 heavy (non-hydrogen) atoms. The molecular weight excluding hydrogens is 274 g/mol. The van der Waals surface area contributed by atoms with Crippen LogP contribution in [0.2, 0.25) is 0 Å². The van der Waals surface area contributed by atoms with Crippen molar-refractivity contribution in [2.45, 2.75) is 71.6 Å². The van der Waals surface area contributed by atoms with E-state index >= 15 is 0 Å². The highest BCUT2D eigenvalue weighted by Crippen LogP contribution is 2.60. The number of nitrogens with one attached hydrogen (secondary N) is 1. The molecule has 4 fully saturated rings. The molecule has 4 saturated carbocycles. The average Bonchev–Trinajstić information content (AvgIpc) is 2.41. The summed E-state index contributed by atoms with van der Waals surface area (Å²) in [6.07, 6.45) is 9.56. The second-order valence-corrected chi connectivity index (χ2v) is 8.69. The summed E-state index contributed by atoms with van der Waals surface area (Å²) in [7, 11) is 0. The van der Waals surface area contributed by atoms with Gasteiger partial charge in [0.05, 0.1) is 0 Å². The van der Waals surface area contributed by atoms with E-state index < -0.39 is 0 Å². The van der Waals surface area contributed by atoms with Gasteiger partial charge in [-0.1, -0.05) is 13.8 Å². The molecule has 0 saturated heterocycles. The fraction of sp³-hybridized carbons (Fsp3) is 0.895. The normalized spacial score (nSPS) is 35.9. The average molecular weight is 305 g/mol. The highest BCUT2D eigenvalue weighted by Gasteiger charge is 2.54. The number of Topliss-reactive ketones (excluding diaryl/α,β-unsaturated/α-hetero) is 1. The van der Waals surface area contributed by atoms with E-state index in [1.165, 1.54) is 19.3 Å². The molecule has 3 nitrogen and oxygen atoms in total. The van der Waals surface area contributed by atoms with Crippen molar-refractivity contribution in [3.63, 3.8) is 0 Å². The van der Waals surface area contributed by atoms with Crippen LogP contribution in [-0.4, -0.2) is 18.2 Å². The van der Waals surface area contributed by atoms with Crippen LogP contribution in [0.3, 0.4) is 0 Å². The number of hydrogen-bond donors (Lipinski definition) is 1. The fourth-order valence-electron chi connectivity index (χ4n) is 5.62. The summed E-state index contributed by atoms with van der Waals surface area (Å²) in [6.45, 7) is 4.82. The highest BCUT2D eigenvalue weighted by atomic mass is 16.2. The molecule has 0 aromatic heterocycles. The van der Waals surface area contributed by atoms with Gasteiger partial charge < -0.3 is 5.32 Å². The van der Waals surface area contributed by atoms with Gasteiger partial charge in [0.2, 0.25) is 5.91 Å². The standard InChI is InChI=1S/C19H31NO2/c1-13(2)6-17(21)4-3-5-20-18(22)19-10-14-7-15(11-19)9-16(8-14)12-19/h13-16H,3-12H2,1-2H3,(H,20,22). The van der Waals surface area contributed by atoms with E-state index in [0.717, 1.165) is 43.4 Å². The minimum Gasteiger partial charge on any atom is -0.356 e. The minimum absolute atomic E-state index is 0.0449. The van der Waals surface area contributed by atoms with Crippen molar-refractivity contribution in [2.75, 3.05) is 6.54 Å². The molecule has 4 bridgehead atoms. The molecule has 0 atom stereocenters. The summed E-state index contributed by atoms with van der Waals surface area (Å²) in [4.78, 5) is 24.4. The first-order chi connectivity index (χ1) is 10.5. The van der Waals surface area contributed by atoms with E-state index in [9.17, 15) is 9.59 Å². The Hall–Kier alpha value is -0.860. The first-order valence-electron chi connectivity index (χ1n) is 9.27. The predicted octanol–water partition coefficient (Wildman–Crippen LogP) is 3.71. The molecule has 0 aromatic rings. The van der Waals surface area contributed by atoms with E-state index in [1.54, 1.807) is 0 Å². The highest BCUT2D eigenvalue weighted by molar-refractivity contribution is 5.83. The fourth-order valence-corrected chi connectivity index (χ4v) is 5.62. The molecule has 0 heterocycles. The topological polar surface area (TPSA) is 46.2 Å². The van der Waals surface area contributed by atoms with Crippen LogP contribution in [0.4, 0.5) is 0 Å². The Labute approximate surface area is 134 Å². The van der Waals surface area contributed by atoms with Gasteiger partial charge in [-0.25, -0.2) is 0 Å². The Morgan fingerprint density at radius 1 is 1.05 bits per heavy atom. The molecule has 0 unspecified atom stereocenters. The van der Waals surface area contributed by atoms with Gasteiger partial charge in [0.15, 0.2) is 0 Å². The minimum atomic E-state index is -0.0449.